The molecule has 1 N–H and O–H groups in total. The first-order valence-corrected chi connectivity index (χ1v) is 11.4. The Morgan fingerprint density at radius 2 is 1.73 bits per heavy atom. The Hall–Kier alpha value is -2.10. The van der Waals surface area contributed by atoms with E-state index in [1.54, 1.807) is 12.1 Å². The maximum atomic E-state index is 12.9. The van der Waals surface area contributed by atoms with Crippen molar-refractivity contribution in [2.75, 3.05) is 30.3 Å². The molecule has 0 bridgehead atoms. The highest BCUT2D eigenvalue weighted by atomic mass is 32.2. The number of ether oxygens (including phenoxy) is 1. The molecule has 140 valence electrons. The predicted molar refractivity (Wildman–Crippen MR) is 99.5 cm³/mol. The molecule has 0 saturated heterocycles. The summed E-state index contributed by atoms with van der Waals surface area (Å²) < 4.78 is 56.9. The van der Waals surface area contributed by atoms with Gasteiger partial charge in [0.2, 0.25) is 10.0 Å². The summed E-state index contributed by atoms with van der Waals surface area (Å²) in [5.41, 5.74) is 1.74. The monoisotopic (exact) mass is 396 g/mol. The number of benzene rings is 2. The number of nitrogens with one attached hydrogen (secondary N) is 1. The molecule has 0 amide bonds. The first-order valence-electron chi connectivity index (χ1n) is 8.05. The van der Waals surface area contributed by atoms with Gasteiger partial charge in [0.1, 0.15) is 12.4 Å². The Morgan fingerprint density at radius 3 is 2.42 bits per heavy atom. The number of para-hydroxylation sites is 1. The highest BCUT2D eigenvalue weighted by Crippen LogP contribution is 2.32. The lowest BCUT2D eigenvalue weighted by Gasteiger charge is -2.19. The van der Waals surface area contributed by atoms with Crippen LogP contribution < -0.4 is 13.8 Å². The quantitative estimate of drug-likeness (QED) is 0.714. The number of nitrogens with zero attached hydrogens (tertiary/aromatic N) is 1. The van der Waals surface area contributed by atoms with Gasteiger partial charge < -0.3 is 4.74 Å². The maximum absolute atomic E-state index is 12.9. The third-order valence-electron chi connectivity index (χ3n) is 3.99. The zero-order valence-corrected chi connectivity index (χ0v) is 15.9. The Kier molecular flexibility index (Phi) is 5.22. The number of rotatable bonds is 7. The molecule has 0 saturated carbocycles. The first-order chi connectivity index (χ1) is 12.3. The van der Waals surface area contributed by atoms with Crippen LogP contribution in [0.15, 0.2) is 53.4 Å². The minimum Gasteiger partial charge on any atom is -0.492 e. The van der Waals surface area contributed by atoms with Crippen LogP contribution in [0.25, 0.3) is 0 Å². The summed E-state index contributed by atoms with van der Waals surface area (Å²) in [4.78, 5) is 0.191. The second kappa shape index (κ2) is 7.26. The second-order valence-corrected chi connectivity index (χ2v) is 9.64. The number of hydrogen-bond acceptors (Lipinski definition) is 5. The minimum absolute atomic E-state index is 0.142. The van der Waals surface area contributed by atoms with Gasteiger partial charge in [-0.15, -0.1) is 0 Å². The van der Waals surface area contributed by atoms with Crippen molar-refractivity contribution in [2.24, 2.45) is 0 Å². The van der Waals surface area contributed by atoms with E-state index in [0.29, 0.717) is 18.7 Å². The highest BCUT2D eigenvalue weighted by molar-refractivity contribution is 7.92. The highest BCUT2D eigenvalue weighted by Gasteiger charge is 2.30. The smallest absolute Gasteiger partial charge is 0.264 e. The van der Waals surface area contributed by atoms with Crippen molar-refractivity contribution in [1.29, 1.82) is 0 Å². The Balaban J connectivity index is 1.68. The lowest BCUT2D eigenvalue weighted by molar-refractivity contribution is 0.322. The Bertz CT molecular complexity index is 986. The van der Waals surface area contributed by atoms with Crippen molar-refractivity contribution in [3.63, 3.8) is 0 Å². The van der Waals surface area contributed by atoms with E-state index in [-0.39, 0.29) is 18.0 Å². The zero-order chi connectivity index (χ0) is 18.8. The molecular weight excluding hydrogens is 376 g/mol. The second-order valence-electron chi connectivity index (χ2n) is 5.94. The van der Waals surface area contributed by atoms with Crippen LogP contribution in [0, 0.1) is 0 Å². The van der Waals surface area contributed by atoms with Crippen molar-refractivity contribution < 1.29 is 21.6 Å². The molecule has 26 heavy (non-hydrogen) atoms. The number of hydrogen-bond donors (Lipinski definition) is 1. The summed E-state index contributed by atoms with van der Waals surface area (Å²) in [6.45, 7) is 0.721. The zero-order valence-electron chi connectivity index (χ0n) is 14.3. The molecule has 0 fully saturated rings. The van der Waals surface area contributed by atoms with Crippen LogP contribution in [0.2, 0.25) is 0 Å². The number of anilines is 1. The van der Waals surface area contributed by atoms with E-state index in [0.717, 1.165) is 17.5 Å². The van der Waals surface area contributed by atoms with Crippen LogP contribution in [0.3, 0.4) is 0 Å². The van der Waals surface area contributed by atoms with Crippen LogP contribution in [0.1, 0.15) is 5.56 Å². The number of sulfonamides is 2. The van der Waals surface area contributed by atoms with Crippen LogP contribution >= 0.6 is 0 Å². The molecule has 2 aromatic rings. The Morgan fingerprint density at radius 1 is 1.04 bits per heavy atom. The van der Waals surface area contributed by atoms with Gasteiger partial charge in [0.05, 0.1) is 16.8 Å². The van der Waals surface area contributed by atoms with Crippen molar-refractivity contribution in [1.82, 2.24) is 4.72 Å². The third-order valence-corrected chi connectivity index (χ3v) is 6.55. The van der Waals surface area contributed by atoms with Gasteiger partial charge in [-0.1, -0.05) is 18.2 Å². The summed E-state index contributed by atoms with van der Waals surface area (Å²) in [6.07, 6.45) is 1.77. The van der Waals surface area contributed by atoms with Gasteiger partial charge >= 0.3 is 0 Å². The molecule has 2 aromatic carbocycles. The molecule has 0 unspecified atom stereocenters. The maximum Gasteiger partial charge on any atom is 0.264 e. The van der Waals surface area contributed by atoms with Gasteiger partial charge in [-0.2, -0.15) is 0 Å². The average molecular weight is 396 g/mol. The molecule has 0 atom stereocenters. The van der Waals surface area contributed by atoms with Gasteiger partial charge in [-0.25, -0.2) is 21.6 Å². The molecule has 1 heterocycles. The standard InChI is InChI=1S/C17H20N2O5S2/c1-25(20,21)18-11-13-24-15-6-8-16(9-7-15)26(22,23)19-12-10-14-4-2-3-5-17(14)19/h2-9,18H,10-13H2,1H3. The topological polar surface area (TPSA) is 92.8 Å². The van der Waals surface area contributed by atoms with E-state index in [4.69, 9.17) is 4.74 Å². The number of fused-ring (bicyclic) bond motifs is 1. The average Bonchev–Trinajstić information content (AvgIpc) is 3.03. The first kappa shape index (κ1) is 18.7. The molecular formula is C17H20N2O5S2. The normalized spacial score (nSPS) is 14.3. The summed E-state index contributed by atoms with van der Waals surface area (Å²) in [6, 6.07) is 13.6. The SMILES string of the molecule is CS(=O)(=O)NCCOc1ccc(S(=O)(=O)N2CCc3ccccc32)cc1. The van der Waals surface area contributed by atoms with Gasteiger partial charge in [-0.05, 0) is 42.3 Å². The molecule has 0 radical (unpaired) electrons. The predicted octanol–water partition coefficient (Wildman–Crippen LogP) is 1.37. The third kappa shape index (κ3) is 4.17. The lowest BCUT2D eigenvalue weighted by Crippen LogP contribution is -2.29. The molecule has 7 nitrogen and oxygen atoms in total. The van der Waals surface area contributed by atoms with Crippen molar-refractivity contribution in [3.05, 3.63) is 54.1 Å². The molecule has 0 spiro atoms. The fourth-order valence-corrected chi connectivity index (χ4v) is 4.75. The van der Waals surface area contributed by atoms with Gasteiger partial charge in [0.15, 0.2) is 0 Å². The van der Waals surface area contributed by atoms with Crippen molar-refractivity contribution in [3.8, 4) is 5.75 Å². The molecule has 0 aliphatic carbocycles. The Labute approximate surface area is 153 Å². The van der Waals surface area contributed by atoms with Crippen LogP contribution in [-0.2, 0) is 26.5 Å². The van der Waals surface area contributed by atoms with Gasteiger partial charge in [0.25, 0.3) is 10.0 Å². The molecule has 0 aromatic heterocycles. The molecule has 9 heteroatoms. The fraction of sp³-hybridized carbons (Fsp3) is 0.294. The molecule has 1 aliphatic rings. The largest absolute Gasteiger partial charge is 0.492 e. The van der Waals surface area contributed by atoms with E-state index in [9.17, 15) is 16.8 Å². The van der Waals surface area contributed by atoms with Crippen LogP contribution in [0.4, 0.5) is 5.69 Å². The van der Waals surface area contributed by atoms with Crippen LogP contribution in [-0.4, -0.2) is 42.8 Å². The minimum atomic E-state index is -3.63. The van der Waals surface area contributed by atoms with Gasteiger partial charge in [-0.3, -0.25) is 4.31 Å². The van der Waals surface area contributed by atoms with Crippen molar-refractivity contribution >= 4 is 25.7 Å². The van der Waals surface area contributed by atoms with E-state index in [1.165, 1.54) is 16.4 Å². The summed E-state index contributed by atoms with van der Waals surface area (Å²) in [7, 11) is -6.88. The van der Waals surface area contributed by atoms with Crippen LogP contribution in [0.5, 0.6) is 5.75 Å². The van der Waals surface area contributed by atoms with E-state index < -0.39 is 20.0 Å². The fourth-order valence-electron chi connectivity index (χ4n) is 2.79. The van der Waals surface area contributed by atoms with Gasteiger partial charge in [0, 0.05) is 13.1 Å². The van der Waals surface area contributed by atoms with E-state index >= 15 is 0 Å². The van der Waals surface area contributed by atoms with Crippen molar-refractivity contribution in [2.45, 2.75) is 11.3 Å². The summed E-state index contributed by atoms with van der Waals surface area (Å²) in [5, 5.41) is 0. The molecule has 3 rings (SSSR count). The summed E-state index contributed by atoms with van der Waals surface area (Å²) in [5.74, 6) is 0.473. The van der Waals surface area contributed by atoms with E-state index in [1.807, 2.05) is 24.3 Å². The lowest BCUT2D eigenvalue weighted by atomic mass is 10.2. The van der Waals surface area contributed by atoms with E-state index in [2.05, 4.69) is 4.72 Å². The summed E-state index contributed by atoms with van der Waals surface area (Å²) >= 11 is 0. The molecule has 1 aliphatic heterocycles.